The predicted molar refractivity (Wildman–Crippen MR) is 85.1 cm³/mol. The molecule has 0 spiro atoms. The number of thiocarbonyl (C=S) groups is 1. The van der Waals surface area contributed by atoms with Gasteiger partial charge in [0.05, 0.1) is 12.7 Å². The molecular weight excluding hydrogens is 260 g/mol. The van der Waals surface area contributed by atoms with Crippen molar-refractivity contribution < 1.29 is 4.74 Å². The molecule has 0 saturated heterocycles. The summed E-state index contributed by atoms with van der Waals surface area (Å²) in [5.74, 6) is 1.27. The molecule has 1 aromatic rings. The monoisotopic (exact) mass is 280 g/mol. The Morgan fingerprint density at radius 3 is 2.67 bits per heavy atom. The molecule has 0 saturated carbocycles. The van der Waals surface area contributed by atoms with E-state index in [2.05, 4.69) is 25.6 Å². The van der Waals surface area contributed by atoms with E-state index in [9.17, 15) is 0 Å². The molecule has 1 aromatic carbocycles. The molecule has 0 aliphatic rings. The van der Waals surface area contributed by atoms with Gasteiger partial charge in [0.15, 0.2) is 0 Å². The summed E-state index contributed by atoms with van der Waals surface area (Å²) in [4.78, 5) is 0. The van der Waals surface area contributed by atoms with Gasteiger partial charge in [-0.25, -0.2) is 0 Å². The van der Waals surface area contributed by atoms with Crippen molar-refractivity contribution in [3.8, 4) is 0 Å². The number of hydrogen-bond donors (Lipinski definition) is 0. The molecule has 0 aliphatic heterocycles. The van der Waals surface area contributed by atoms with Crippen LogP contribution in [0.3, 0.4) is 0 Å². The number of hydrogen-bond acceptors (Lipinski definition) is 3. The van der Waals surface area contributed by atoms with Gasteiger partial charge in [0.2, 0.25) is 0 Å². The van der Waals surface area contributed by atoms with Crippen LogP contribution in [-0.2, 0) is 11.3 Å². The second-order valence-electron chi connectivity index (χ2n) is 4.20. The molecule has 1 nitrogen and oxygen atoms in total. The van der Waals surface area contributed by atoms with E-state index >= 15 is 0 Å². The molecule has 0 fully saturated rings. The van der Waals surface area contributed by atoms with Crippen LogP contribution >= 0.6 is 24.0 Å². The van der Waals surface area contributed by atoms with Gasteiger partial charge in [-0.3, -0.25) is 0 Å². The molecule has 3 heteroatoms. The van der Waals surface area contributed by atoms with Gasteiger partial charge >= 0.3 is 0 Å². The maximum absolute atomic E-state index is 5.89. The summed E-state index contributed by atoms with van der Waals surface area (Å²) in [6.45, 7) is 8.57. The van der Waals surface area contributed by atoms with Crippen LogP contribution < -0.4 is 0 Å². The zero-order chi connectivity index (χ0) is 13.4. The summed E-state index contributed by atoms with van der Waals surface area (Å²) in [6.07, 6.45) is 2.12. The van der Waals surface area contributed by atoms with Gasteiger partial charge in [-0.15, -0.1) is 18.3 Å². The van der Waals surface area contributed by atoms with Gasteiger partial charge in [-0.05, 0) is 19.4 Å². The Labute approximate surface area is 120 Å². The van der Waals surface area contributed by atoms with Crippen LogP contribution in [0.15, 0.2) is 43.0 Å². The van der Waals surface area contributed by atoms with Gasteiger partial charge in [-0.1, -0.05) is 48.6 Å². The summed E-state index contributed by atoms with van der Waals surface area (Å²) in [5.41, 5.74) is 1.20. The van der Waals surface area contributed by atoms with E-state index in [1.807, 2.05) is 31.2 Å². The fourth-order valence-electron chi connectivity index (χ4n) is 1.53. The van der Waals surface area contributed by atoms with Crippen molar-refractivity contribution in [2.45, 2.75) is 26.6 Å². The van der Waals surface area contributed by atoms with Gasteiger partial charge in [-0.2, -0.15) is 0 Å². The Balaban J connectivity index is 2.40. The summed E-state index contributed by atoms with van der Waals surface area (Å²) < 4.78 is 6.86. The van der Waals surface area contributed by atoms with Crippen LogP contribution in [0.5, 0.6) is 0 Å². The van der Waals surface area contributed by atoms with E-state index in [1.54, 1.807) is 11.8 Å². The lowest BCUT2D eigenvalue weighted by atomic mass is 10.1. The fraction of sp³-hybridized carbons (Fsp3) is 0.400. The average Bonchev–Trinajstić information content (AvgIpc) is 2.38. The van der Waals surface area contributed by atoms with Crippen molar-refractivity contribution in [1.82, 2.24) is 0 Å². The Hall–Kier alpha value is -0.640. The highest BCUT2D eigenvalue weighted by Crippen LogP contribution is 2.18. The zero-order valence-electron chi connectivity index (χ0n) is 11.0. The second-order valence-corrected chi connectivity index (χ2v) is 6.31. The van der Waals surface area contributed by atoms with E-state index < -0.39 is 0 Å². The van der Waals surface area contributed by atoms with Crippen LogP contribution in [0.4, 0.5) is 0 Å². The van der Waals surface area contributed by atoms with Crippen molar-refractivity contribution in [1.29, 1.82) is 0 Å². The van der Waals surface area contributed by atoms with Crippen molar-refractivity contribution in [2.75, 3.05) is 5.75 Å². The molecule has 0 amide bonds. The Morgan fingerprint density at radius 1 is 1.44 bits per heavy atom. The van der Waals surface area contributed by atoms with Crippen LogP contribution in [0.2, 0.25) is 0 Å². The SMILES string of the molecule is C=CC(CSC(C)=S)[C@H](C)OCc1ccccc1. The third-order valence-corrected chi connectivity index (χ3v) is 4.05. The first kappa shape index (κ1) is 15.4. The Bertz CT molecular complexity index is 375. The zero-order valence-corrected chi connectivity index (χ0v) is 12.6. The predicted octanol–water partition coefficient (Wildman–Crippen LogP) is 4.47. The molecule has 0 aliphatic carbocycles. The van der Waals surface area contributed by atoms with Crippen molar-refractivity contribution in [2.24, 2.45) is 5.92 Å². The summed E-state index contributed by atoms with van der Waals surface area (Å²) in [6, 6.07) is 10.2. The minimum Gasteiger partial charge on any atom is -0.373 e. The van der Waals surface area contributed by atoms with Gasteiger partial charge < -0.3 is 4.74 Å². The molecule has 0 N–H and O–H groups in total. The van der Waals surface area contributed by atoms with Crippen LogP contribution in [0.25, 0.3) is 0 Å². The molecule has 2 atom stereocenters. The minimum absolute atomic E-state index is 0.157. The number of rotatable bonds is 7. The Morgan fingerprint density at radius 2 is 2.11 bits per heavy atom. The molecule has 1 rings (SSSR count). The Kier molecular flexibility index (Phi) is 7.25. The lowest BCUT2D eigenvalue weighted by Crippen LogP contribution is -2.21. The largest absolute Gasteiger partial charge is 0.373 e. The van der Waals surface area contributed by atoms with E-state index in [-0.39, 0.29) is 6.10 Å². The highest BCUT2D eigenvalue weighted by Gasteiger charge is 2.15. The molecule has 0 aromatic heterocycles. The standard InChI is InChI=1S/C15H20OS2/c1-4-15(11-18-13(3)17)12(2)16-10-14-8-6-5-7-9-14/h4-9,12,15H,1,10-11H2,2-3H3/t12-,15?/m0/s1. The number of ether oxygens (including phenoxy) is 1. The summed E-state index contributed by atoms with van der Waals surface area (Å²) in [5, 5.41) is 0. The van der Waals surface area contributed by atoms with Gasteiger partial charge in [0.25, 0.3) is 0 Å². The third kappa shape index (κ3) is 5.80. The lowest BCUT2D eigenvalue weighted by Gasteiger charge is -2.21. The van der Waals surface area contributed by atoms with Crippen LogP contribution in [0.1, 0.15) is 19.4 Å². The fourth-order valence-corrected chi connectivity index (χ4v) is 2.57. The van der Waals surface area contributed by atoms with Crippen LogP contribution in [-0.4, -0.2) is 16.1 Å². The van der Waals surface area contributed by atoms with Gasteiger partial charge in [0.1, 0.15) is 0 Å². The molecule has 18 heavy (non-hydrogen) atoms. The first-order valence-electron chi connectivity index (χ1n) is 6.05. The molecule has 0 heterocycles. The van der Waals surface area contributed by atoms with Crippen LogP contribution in [0, 0.1) is 5.92 Å². The van der Waals surface area contributed by atoms with E-state index in [1.165, 1.54) is 5.56 Å². The van der Waals surface area contributed by atoms with E-state index in [0.717, 1.165) is 9.95 Å². The van der Waals surface area contributed by atoms with E-state index in [4.69, 9.17) is 17.0 Å². The third-order valence-electron chi connectivity index (χ3n) is 2.74. The summed E-state index contributed by atoms with van der Waals surface area (Å²) >= 11 is 6.77. The molecule has 1 unspecified atom stereocenters. The van der Waals surface area contributed by atoms with Crippen molar-refractivity contribution in [3.63, 3.8) is 0 Å². The minimum atomic E-state index is 0.157. The van der Waals surface area contributed by atoms with Crippen molar-refractivity contribution in [3.05, 3.63) is 48.6 Å². The van der Waals surface area contributed by atoms with Gasteiger partial charge in [0, 0.05) is 15.9 Å². The number of thioether (sulfide) groups is 1. The molecule has 0 radical (unpaired) electrons. The normalized spacial score (nSPS) is 13.9. The highest BCUT2D eigenvalue weighted by molar-refractivity contribution is 8.23. The average molecular weight is 280 g/mol. The maximum atomic E-state index is 5.89. The first-order chi connectivity index (χ1) is 8.63. The smallest absolute Gasteiger partial charge is 0.0720 e. The van der Waals surface area contributed by atoms with Crippen molar-refractivity contribution >= 4 is 28.2 Å². The quantitative estimate of drug-likeness (QED) is 0.538. The molecule has 98 valence electrons. The molecule has 0 bridgehead atoms. The maximum Gasteiger partial charge on any atom is 0.0720 e. The lowest BCUT2D eigenvalue weighted by molar-refractivity contribution is 0.0320. The molecular formula is C15H20OS2. The first-order valence-corrected chi connectivity index (χ1v) is 7.44. The number of benzene rings is 1. The topological polar surface area (TPSA) is 9.23 Å². The second kappa shape index (κ2) is 8.46. The van der Waals surface area contributed by atoms with E-state index in [0.29, 0.717) is 12.5 Å². The highest BCUT2D eigenvalue weighted by atomic mass is 32.2. The summed E-state index contributed by atoms with van der Waals surface area (Å²) in [7, 11) is 0.